The summed E-state index contributed by atoms with van der Waals surface area (Å²) in [5.74, 6) is -1.12. The maximum atomic E-state index is 12.9. The molecule has 2 rings (SSSR count). The Balaban J connectivity index is 2.16. The van der Waals surface area contributed by atoms with Crippen molar-refractivity contribution in [3.63, 3.8) is 0 Å². The molecular weight excluding hydrogens is 357 g/mol. The van der Waals surface area contributed by atoms with Gasteiger partial charge in [-0.1, -0.05) is 44.2 Å². The summed E-state index contributed by atoms with van der Waals surface area (Å²) in [5, 5.41) is 22.0. The van der Waals surface area contributed by atoms with E-state index in [9.17, 15) is 19.6 Å². The summed E-state index contributed by atoms with van der Waals surface area (Å²) < 4.78 is 0. The van der Waals surface area contributed by atoms with Crippen LogP contribution >= 0.6 is 0 Å². The Morgan fingerprint density at radius 3 is 2.43 bits per heavy atom. The molecule has 1 amide bonds. The molecule has 148 valence electrons. The summed E-state index contributed by atoms with van der Waals surface area (Å²) in [6, 6.07) is 8.55. The van der Waals surface area contributed by atoms with E-state index in [2.05, 4.69) is 15.3 Å². The van der Waals surface area contributed by atoms with Crippen molar-refractivity contribution in [2.24, 2.45) is 5.92 Å². The van der Waals surface area contributed by atoms with E-state index in [1.54, 1.807) is 0 Å². The second-order valence-corrected chi connectivity index (χ2v) is 7.28. The Morgan fingerprint density at radius 2 is 1.86 bits per heavy atom. The third-order valence-corrected chi connectivity index (χ3v) is 4.43. The van der Waals surface area contributed by atoms with Gasteiger partial charge in [0.05, 0.1) is 12.2 Å². The van der Waals surface area contributed by atoms with Gasteiger partial charge >= 0.3 is 7.12 Å². The van der Waals surface area contributed by atoms with E-state index >= 15 is 0 Å². The second-order valence-electron chi connectivity index (χ2n) is 7.28. The number of hydrogen-bond acceptors (Lipinski definition) is 6. The Hall–Kier alpha value is -2.58. The van der Waals surface area contributed by atoms with Crippen molar-refractivity contribution >= 4 is 18.8 Å². The van der Waals surface area contributed by atoms with Gasteiger partial charge in [-0.15, -0.1) is 0 Å². The van der Waals surface area contributed by atoms with E-state index < -0.39 is 24.9 Å². The first kappa shape index (κ1) is 21.7. The molecule has 1 aromatic carbocycles. The fourth-order valence-corrected chi connectivity index (χ4v) is 3.06. The zero-order valence-corrected chi connectivity index (χ0v) is 16.2. The SMILES string of the molecule is CC(C)C[C@@H](CC(=O)[C@@H](Cc1ccccc1)NC(=O)c1cnccn1)B(O)O. The molecule has 0 radical (unpaired) electrons. The van der Waals surface area contributed by atoms with Crippen LogP contribution in [-0.4, -0.2) is 44.9 Å². The molecule has 0 spiro atoms. The van der Waals surface area contributed by atoms with Crippen molar-refractivity contribution in [3.8, 4) is 0 Å². The van der Waals surface area contributed by atoms with Gasteiger partial charge in [-0.25, -0.2) is 4.98 Å². The van der Waals surface area contributed by atoms with Gasteiger partial charge in [-0.3, -0.25) is 14.6 Å². The van der Waals surface area contributed by atoms with Crippen molar-refractivity contribution in [2.75, 3.05) is 0 Å². The van der Waals surface area contributed by atoms with Crippen LogP contribution in [0.15, 0.2) is 48.9 Å². The molecule has 8 heteroatoms. The lowest BCUT2D eigenvalue weighted by Crippen LogP contribution is -2.43. The van der Waals surface area contributed by atoms with Gasteiger partial charge in [0.1, 0.15) is 5.69 Å². The normalized spacial score (nSPS) is 13.0. The predicted octanol–water partition coefficient (Wildman–Crippen LogP) is 1.67. The number of ketones is 1. The molecule has 28 heavy (non-hydrogen) atoms. The van der Waals surface area contributed by atoms with Crippen LogP contribution in [0.1, 0.15) is 42.7 Å². The monoisotopic (exact) mass is 383 g/mol. The van der Waals surface area contributed by atoms with Gasteiger partial charge in [0, 0.05) is 24.6 Å². The van der Waals surface area contributed by atoms with Crippen LogP contribution in [0.5, 0.6) is 0 Å². The number of benzene rings is 1. The number of aromatic nitrogens is 2. The maximum absolute atomic E-state index is 12.9. The lowest BCUT2D eigenvalue weighted by atomic mass is 9.66. The maximum Gasteiger partial charge on any atom is 0.455 e. The van der Waals surface area contributed by atoms with Gasteiger partial charge in [-0.05, 0) is 24.3 Å². The highest BCUT2D eigenvalue weighted by molar-refractivity contribution is 6.43. The molecule has 0 saturated heterocycles. The van der Waals surface area contributed by atoms with Crippen molar-refractivity contribution in [3.05, 3.63) is 60.2 Å². The van der Waals surface area contributed by atoms with Gasteiger partial charge < -0.3 is 15.4 Å². The Labute approximate surface area is 165 Å². The van der Waals surface area contributed by atoms with E-state index in [1.165, 1.54) is 18.6 Å². The lowest BCUT2D eigenvalue weighted by molar-refractivity contribution is -0.121. The minimum absolute atomic E-state index is 0.0336. The van der Waals surface area contributed by atoms with Crippen LogP contribution in [0, 0.1) is 5.92 Å². The molecule has 0 aliphatic rings. The first-order valence-corrected chi connectivity index (χ1v) is 9.36. The average Bonchev–Trinajstić information content (AvgIpc) is 2.68. The summed E-state index contributed by atoms with van der Waals surface area (Å²) in [6.45, 7) is 3.91. The highest BCUT2D eigenvalue weighted by atomic mass is 16.4. The number of carbonyl (C=O) groups is 2. The number of rotatable bonds is 10. The minimum Gasteiger partial charge on any atom is -0.427 e. The van der Waals surface area contributed by atoms with E-state index in [1.807, 2.05) is 44.2 Å². The Bertz CT molecular complexity index is 757. The summed E-state index contributed by atoms with van der Waals surface area (Å²) in [6.07, 6.45) is 4.97. The number of nitrogens with one attached hydrogen (secondary N) is 1. The van der Waals surface area contributed by atoms with Gasteiger partial charge in [0.15, 0.2) is 5.78 Å². The van der Waals surface area contributed by atoms with Crippen molar-refractivity contribution in [2.45, 2.75) is 45.0 Å². The minimum atomic E-state index is -1.58. The quantitative estimate of drug-likeness (QED) is 0.538. The summed E-state index contributed by atoms with van der Waals surface area (Å²) >= 11 is 0. The van der Waals surface area contributed by atoms with Crippen LogP contribution in [0.4, 0.5) is 0 Å². The van der Waals surface area contributed by atoms with Crippen molar-refractivity contribution in [1.29, 1.82) is 0 Å². The van der Waals surface area contributed by atoms with E-state index in [0.717, 1.165) is 5.56 Å². The molecule has 7 nitrogen and oxygen atoms in total. The number of carbonyl (C=O) groups excluding carboxylic acids is 2. The molecular formula is C20H26BN3O4. The van der Waals surface area contributed by atoms with E-state index in [-0.39, 0.29) is 23.8 Å². The lowest BCUT2D eigenvalue weighted by Gasteiger charge is -2.22. The molecule has 0 aliphatic carbocycles. The van der Waals surface area contributed by atoms with Crippen LogP contribution in [0.3, 0.4) is 0 Å². The first-order chi connectivity index (χ1) is 13.4. The third-order valence-electron chi connectivity index (χ3n) is 4.43. The molecule has 0 saturated carbocycles. The summed E-state index contributed by atoms with van der Waals surface area (Å²) in [7, 11) is -1.58. The Kier molecular flexibility index (Phi) is 8.29. The van der Waals surface area contributed by atoms with E-state index in [0.29, 0.717) is 12.8 Å². The summed E-state index contributed by atoms with van der Waals surface area (Å²) in [5.41, 5.74) is 1.01. The van der Waals surface area contributed by atoms with Gasteiger partial charge in [0.25, 0.3) is 5.91 Å². The number of hydrogen-bond donors (Lipinski definition) is 3. The fourth-order valence-electron chi connectivity index (χ4n) is 3.06. The second kappa shape index (κ2) is 10.7. The molecule has 0 bridgehead atoms. The van der Waals surface area contributed by atoms with Crippen molar-refractivity contribution in [1.82, 2.24) is 15.3 Å². The predicted molar refractivity (Wildman–Crippen MR) is 106 cm³/mol. The molecule has 0 aliphatic heterocycles. The zero-order chi connectivity index (χ0) is 20.5. The molecule has 2 atom stereocenters. The molecule has 0 fully saturated rings. The molecule has 1 heterocycles. The smallest absolute Gasteiger partial charge is 0.427 e. The molecule has 0 unspecified atom stereocenters. The molecule has 2 aromatic rings. The highest BCUT2D eigenvalue weighted by Crippen LogP contribution is 2.24. The molecule has 1 aromatic heterocycles. The fraction of sp³-hybridized carbons (Fsp3) is 0.400. The largest absolute Gasteiger partial charge is 0.455 e. The highest BCUT2D eigenvalue weighted by Gasteiger charge is 2.31. The van der Waals surface area contributed by atoms with Crippen LogP contribution < -0.4 is 5.32 Å². The van der Waals surface area contributed by atoms with Gasteiger partial charge in [0.2, 0.25) is 0 Å². The van der Waals surface area contributed by atoms with Crippen LogP contribution in [0.2, 0.25) is 5.82 Å². The topological polar surface area (TPSA) is 112 Å². The zero-order valence-electron chi connectivity index (χ0n) is 16.2. The third kappa shape index (κ3) is 6.86. The molecule has 3 N–H and O–H groups in total. The van der Waals surface area contributed by atoms with Gasteiger partial charge in [-0.2, -0.15) is 0 Å². The number of Topliss-reactive ketones (excluding diaryl/α,β-unsaturated/α-hetero) is 1. The van der Waals surface area contributed by atoms with Crippen LogP contribution in [-0.2, 0) is 11.2 Å². The number of nitrogens with zero attached hydrogens (tertiary/aromatic N) is 2. The van der Waals surface area contributed by atoms with Crippen LogP contribution in [0.25, 0.3) is 0 Å². The number of amides is 1. The Morgan fingerprint density at radius 1 is 1.14 bits per heavy atom. The summed E-state index contributed by atoms with van der Waals surface area (Å²) in [4.78, 5) is 33.3. The average molecular weight is 383 g/mol. The standard InChI is InChI=1S/C20H26BN3O4/c1-14(2)10-16(21(27)28)12-19(25)17(11-15-6-4-3-5-7-15)24-20(26)18-13-22-8-9-23-18/h3-9,13-14,16-17,27-28H,10-12H2,1-2H3,(H,24,26)/t16-,17+/m0/s1. The first-order valence-electron chi connectivity index (χ1n) is 9.36. The van der Waals surface area contributed by atoms with E-state index in [4.69, 9.17) is 0 Å². The van der Waals surface area contributed by atoms with Crippen molar-refractivity contribution < 1.29 is 19.6 Å².